The van der Waals surface area contributed by atoms with Crippen LogP contribution in [0.2, 0.25) is 0 Å². The summed E-state index contributed by atoms with van der Waals surface area (Å²) in [6.45, 7) is 0. The van der Waals surface area contributed by atoms with Crippen LogP contribution in [-0.2, 0) is 26.3 Å². The third-order valence-electron chi connectivity index (χ3n) is 4.21. The Balaban J connectivity index is 1.56. The molecular weight excluding hydrogens is 234 g/mol. The van der Waals surface area contributed by atoms with Crippen molar-refractivity contribution < 1.29 is 0 Å². The van der Waals surface area contributed by atoms with E-state index >= 15 is 0 Å². The van der Waals surface area contributed by atoms with Gasteiger partial charge in [0.1, 0.15) is 0 Å². The van der Waals surface area contributed by atoms with Crippen LogP contribution in [-0.4, -0.2) is 15.8 Å². The van der Waals surface area contributed by atoms with Gasteiger partial charge < -0.3 is 5.73 Å². The second-order valence-corrected chi connectivity index (χ2v) is 5.66. The Bertz CT molecular complexity index is 534. The van der Waals surface area contributed by atoms with E-state index in [-0.39, 0.29) is 6.04 Å². The van der Waals surface area contributed by atoms with Crippen LogP contribution in [0.5, 0.6) is 0 Å². The Kier molecular flexibility index (Phi) is 3.38. The van der Waals surface area contributed by atoms with E-state index in [1.165, 1.54) is 16.7 Å². The molecule has 19 heavy (non-hydrogen) atoms. The minimum Gasteiger partial charge on any atom is -0.327 e. The molecule has 0 aliphatic heterocycles. The van der Waals surface area contributed by atoms with Crippen LogP contribution in [0.4, 0.5) is 0 Å². The van der Waals surface area contributed by atoms with Gasteiger partial charge in [-0.25, -0.2) is 0 Å². The number of aryl methyl sites for hydroxylation is 2. The lowest BCUT2D eigenvalue weighted by Crippen LogP contribution is -2.31. The number of rotatable bonds is 4. The van der Waals surface area contributed by atoms with Gasteiger partial charge in [-0.1, -0.05) is 24.3 Å². The molecule has 3 rings (SSSR count). The van der Waals surface area contributed by atoms with Crippen molar-refractivity contribution in [2.75, 3.05) is 0 Å². The van der Waals surface area contributed by atoms with Crippen molar-refractivity contribution in [1.82, 2.24) is 9.78 Å². The first-order valence-electron chi connectivity index (χ1n) is 7.02. The van der Waals surface area contributed by atoms with Crippen molar-refractivity contribution in [2.24, 2.45) is 18.7 Å². The second kappa shape index (κ2) is 5.17. The third-order valence-corrected chi connectivity index (χ3v) is 4.21. The highest BCUT2D eigenvalue weighted by Gasteiger charge is 2.25. The number of aromatic nitrogens is 2. The minimum absolute atomic E-state index is 0.285. The summed E-state index contributed by atoms with van der Waals surface area (Å²) in [6, 6.07) is 9.02. The zero-order valence-corrected chi connectivity index (χ0v) is 11.4. The van der Waals surface area contributed by atoms with Crippen LogP contribution in [0.3, 0.4) is 0 Å². The molecule has 1 aliphatic carbocycles. The smallest absolute Gasteiger partial charge is 0.0521 e. The van der Waals surface area contributed by atoms with Crippen molar-refractivity contribution in [2.45, 2.75) is 31.7 Å². The van der Waals surface area contributed by atoms with E-state index in [0.717, 1.165) is 25.7 Å². The number of hydrogen-bond donors (Lipinski definition) is 1. The van der Waals surface area contributed by atoms with Gasteiger partial charge in [-0.05, 0) is 48.3 Å². The molecule has 0 bridgehead atoms. The molecule has 3 heteroatoms. The van der Waals surface area contributed by atoms with Crippen LogP contribution in [0.1, 0.15) is 23.1 Å². The summed E-state index contributed by atoms with van der Waals surface area (Å²) in [5, 5.41) is 4.20. The molecule has 3 nitrogen and oxygen atoms in total. The summed E-state index contributed by atoms with van der Waals surface area (Å²) < 4.78 is 1.85. The van der Waals surface area contributed by atoms with E-state index in [9.17, 15) is 0 Å². The summed E-state index contributed by atoms with van der Waals surface area (Å²) >= 11 is 0. The van der Waals surface area contributed by atoms with Gasteiger partial charge in [0.25, 0.3) is 0 Å². The predicted octanol–water partition coefficient (Wildman–Crippen LogP) is 2.09. The number of hydrogen-bond acceptors (Lipinski definition) is 2. The van der Waals surface area contributed by atoms with Crippen molar-refractivity contribution >= 4 is 0 Å². The first-order chi connectivity index (χ1) is 9.22. The lowest BCUT2D eigenvalue weighted by Gasteiger charge is -2.18. The minimum atomic E-state index is 0.285. The summed E-state index contributed by atoms with van der Waals surface area (Å²) in [6.07, 6.45) is 8.38. The summed E-state index contributed by atoms with van der Waals surface area (Å²) in [7, 11) is 1.96. The SMILES string of the molecule is Cn1cc(CCC(N)C2Cc3ccccc3C2)cn1. The van der Waals surface area contributed by atoms with E-state index in [1.807, 2.05) is 17.9 Å². The summed E-state index contributed by atoms with van der Waals surface area (Å²) in [4.78, 5) is 0. The topological polar surface area (TPSA) is 43.8 Å². The fourth-order valence-electron chi connectivity index (χ4n) is 3.07. The molecule has 1 atom stereocenters. The van der Waals surface area contributed by atoms with E-state index < -0.39 is 0 Å². The number of fused-ring (bicyclic) bond motifs is 1. The Labute approximate surface area is 114 Å². The summed E-state index contributed by atoms with van der Waals surface area (Å²) in [5.41, 5.74) is 10.7. The first kappa shape index (κ1) is 12.4. The maximum Gasteiger partial charge on any atom is 0.0521 e. The monoisotopic (exact) mass is 255 g/mol. The van der Waals surface area contributed by atoms with Gasteiger partial charge in [-0.3, -0.25) is 4.68 Å². The van der Waals surface area contributed by atoms with Crippen molar-refractivity contribution in [3.05, 3.63) is 53.3 Å². The van der Waals surface area contributed by atoms with Gasteiger partial charge in [-0.15, -0.1) is 0 Å². The molecule has 2 aromatic rings. The number of benzene rings is 1. The first-order valence-corrected chi connectivity index (χ1v) is 7.02. The average Bonchev–Trinajstić information content (AvgIpc) is 3.01. The normalized spacial score (nSPS) is 16.5. The second-order valence-electron chi connectivity index (χ2n) is 5.66. The molecule has 0 spiro atoms. The molecule has 0 amide bonds. The highest BCUT2D eigenvalue weighted by atomic mass is 15.2. The molecule has 0 saturated heterocycles. The molecule has 1 heterocycles. The molecule has 0 saturated carbocycles. The van der Waals surface area contributed by atoms with Crippen molar-refractivity contribution in [1.29, 1.82) is 0 Å². The lowest BCUT2D eigenvalue weighted by molar-refractivity contribution is 0.417. The molecule has 2 N–H and O–H groups in total. The van der Waals surface area contributed by atoms with Crippen molar-refractivity contribution in [3.8, 4) is 0 Å². The maximum absolute atomic E-state index is 6.39. The van der Waals surface area contributed by atoms with Gasteiger partial charge in [0, 0.05) is 19.3 Å². The van der Waals surface area contributed by atoms with Gasteiger partial charge in [0.05, 0.1) is 6.20 Å². The highest BCUT2D eigenvalue weighted by molar-refractivity contribution is 5.32. The average molecular weight is 255 g/mol. The Morgan fingerprint density at radius 1 is 1.32 bits per heavy atom. The molecular formula is C16H21N3. The summed E-state index contributed by atoms with van der Waals surface area (Å²) in [5.74, 6) is 0.606. The van der Waals surface area contributed by atoms with Gasteiger partial charge in [0.15, 0.2) is 0 Å². The Morgan fingerprint density at radius 2 is 2.00 bits per heavy atom. The zero-order chi connectivity index (χ0) is 13.2. The van der Waals surface area contributed by atoms with Crippen LogP contribution in [0.25, 0.3) is 0 Å². The zero-order valence-electron chi connectivity index (χ0n) is 11.4. The van der Waals surface area contributed by atoms with Gasteiger partial charge in [-0.2, -0.15) is 5.10 Å². The van der Waals surface area contributed by atoms with Crippen LogP contribution >= 0.6 is 0 Å². The maximum atomic E-state index is 6.39. The molecule has 1 aromatic heterocycles. The Morgan fingerprint density at radius 3 is 2.58 bits per heavy atom. The third kappa shape index (κ3) is 2.71. The fraction of sp³-hybridized carbons (Fsp3) is 0.438. The quantitative estimate of drug-likeness (QED) is 0.909. The van der Waals surface area contributed by atoms with E-state index in [4.69, 9.17) is 5.73 Å². The van der Waals surface area contributed by atoms with E-state index in [2.05, 4.69) is 35.6 Å². The van der Waals surface area contributed by atoms with Gasteiger partial charge >= 0.3 is 0 Å². The number of nitrogens with zero attached hydrogens (tertiary/aromatic N) is 2. The molecule has 0 radical (unpaired) electrons. The Hall–Kier alpha value is -1.61. The van der Waals surface area contributed by atoms with E-state index in [0.29, 0.717) is 5.92 Å². The predicted molar refractivity (Wildman–Crippen MR) is 76.8 cm³/mol. The fourth-order valence-corrected chi connectivity index (χ4v) is 3.07. The molecule has 1 aliphatic rings. The van der Waals surface area contributed by atoms with Crippen LogP contribution in [0.15, 0.2) is 36.7 Å². The van der Waals surface area contributed by atoms with Crippen molar-refractivity contribution in [3.63, 3.8) is 0 Å². The largest absolute Gasteiger partial charge is 0.327 e. The van der Waals surface area contributed by atoms with Crippen LogP contribution in [0, 0.1) is 5.92 Å². The molecule has 1 unspecified atom stereocenters. The van der Waals surface area contributed by atoms with Gasteiger partial charge in [0.2, 0.25) is 0 Å². The van der Waals surface area contributed by atoms with Crippen LogP contribution < -0.4 is 5.73 Å². The lowest BCUT2D eigenvalue weighted by atomic mass is 9.93. The molecule has 0 fully saturated rings. The highest BCUT2D eigenvalue weighted by Crippen LogP contribution is 2.29. The molecule has 1 aromatic carbocycles. The number of nitrogens with two attached hydrogens (primary N) is 1. The standard InChI is InChI=1S/C16H21N3/c1-19-11-12(10-18-19)6-7-16(17)15-8-13-4-2-3-5-14(13)9-15/h2-5,10-11,15-16H,6-9,17H2,1H3. The van der Waals surface area contributed by atoms with E-state index in [1.54, 1.807) is 0 Å². The molecule has 100 valence electrons.